The number of nitrogens with one attached hydrogen (secondary N) is 2. The van der Waals surface area contributed by atoms with E-state index < -0.39 is 4.92 Å². The number of aromatic nitrogens is 4. The molecule has 2 aromatic carbocycles. The summed E-state index contributed by atoms with van der Waals surface area (Å²) in [5.74, 6) is 0.888. The summed E-state index contributed by atoms with van der Waals surface area (Å²) in [6.45, 7) is 0. The van der Waals surface area contributed by atoms with E-state index >= 15 is 0 Å². The fourth-order valence-corrected chi connectivity index (χ4v) is 2.86. The summed E-state index contributed by atoms with van der Waals surface area (Å²) < 4.78 is 1.67. The topological polar surface area (TPSA) is 111 Å². The fraction of sp³-hybridized carbons (Fsp3) is 0.0500. The van der Waals surface area contributed by atoms with Gasteiger partial charge in [0.25, 0.3) is 5.69 Å². The monoisotopic (exact) mass is 387 g/mol. The molecule has 0 fully saturated rings. The van der Waals surface area contributed by atoms with E-state index in [1.165, 1.54) is 12.1 Å². The molecule has 9 heteroatoms. The van der Waals surface area contributed by atoms with Gasteiger partial charge in [0, 0.05) is 37.1 Å². The lowest BCUT2D eigenvalue weighted by atomic mass is 10.0. The zero-order valence-electron chi connectivity index (χ0n) is 15.5. The summed E-state index contributed by atoms with van der Waals surface area (Å²) in [5.41, 5.74) is 3.10. The lowest BCUT2D eigenvalue weighted by Gasteiger charge is -2.12. The van der Waals surface area contributed by atoms with Crippen LogP contribution in [0, 0.1) is 10.1 Å². The van der Waals surface area contributed by atoms with Crippen LogP contribution in [0.5, 0.6) is 0 Å². The Kier molecular flexibility index (Phi) is 4.85. The zero-order chi connectivity index (χ0) is 20.2. The number of nitro benzene ring substituents is 1. The minimum atomic E-state index is -0.421. The van der Waals surface area contributed by atoms with E-state index in [4.69, 9.17) is 0 Å². The molecular formula is C20H17N7O2. The van der Waals surface area contributed by atoms with E-state index in [0.717, 1.165) is 16.8 Å². The molecule has 4 aromatic rings. The van der Waals surface area contributed by atoms with Crippen LogP contribution in [0.4, 0.5) is 28.8 Å². The second-order valence-corrected chi connectivity index (χ2v) is 6.27. The molecule has 0 amide bonds. The Hall–Kier alpha value is -4.27. The summed E-state index contributed by atoms with van der Waals surface area (Å²) in [6.07, 6.45) is 5.07. The average Bonchev–Trinajstić information content (AvgIpc) is 3.13. The molecule has 0 unspecified atom stereocenters. The lowest BCUT2D eigenvalue weighted by Crippen LogP contribution is -2.01. The first-order chi connectivity index (χ1) is 14.1. The predicted molar refractivity (Wildman–Crippen MR) is 110 cm³/mol. The van der Waals surface area contributed by atoms with Crippen molar-refractivity contribution in [1.82, 2.24) is 19.7 Å². The minimum absolute atomic E-state index is 0.00468. The van der Waals surface area contributed by atoms with Crippen molar-refractivity contribution in [2.75, 3.05) is 10.6 Å². The number of aryl methyl sites for hydroxylation is 1. The first-order valence-electron chi connectivity index (χ1n) is 8.78. The second-order valence-electron chi connectivity index (χ2n) is 6.27. The number of benzene rings is 2. The number of non-ortho nitro benzene ring substituents is 1. The molecule has 0 spiro atoms. The van der Waals surface area contributed by atoms with Crippen molar-refractivity contribution in [2.24, 2.45) is 7.05 Å². The van der Waals surface area contributed by atoms with Crippen molar-refractivity contribution in [2.45, 2.75) is 0 Å². The van der Waals surface area contributed by atoms with Gasteiger partial charge < -0.3 is 10.6 Å². The third-order valence-corrected chi connectivity index (χ3v) is 4.18. The molecule has 4 rings (SSSR count). The number of hydrogen-bond acceptors (Lipinski definition) is 7. The van der Waals surface area contributed by atoms with Crippen molar-refractivity contribution in [3.05, 3.63) is 83.3 Å². The van der Waals surface area contributed by atoms with Crippen molar-refractivity contribution in [3.63, 3.8) is 0 Å². The highest BCUT2D eigenvalue weighted by atomic mass is 16.6. The molecule has 0 aliphatic carbocycles. The van der Waals surface area contributed by atoms with Gasteiger partial charge in [-0.25, -0.2) is 4.98 Å². The highest BCUT2D eigenvalue weighted by Crippen LogP contribution is 2.33. The Morgan fingerprint density at radius 3 is 2.62 bits per heavy atom. The van der Waals surface area contributed by atoms with Gasteiger partial charge in [-0.2, -0.15) is 10.1 Å². The van der Waals surface area contributed by atoms with Gasteiger partial charge in [0.1, 0.15) is 5.82 Å². The standard InChI is InChI=1S/C20H17N7O2/c1-26-13-15(12-22-26)23-20-21-10-9-19(25-20)24-18-11-16(27(28)29)7-8-17(18)14-5-3-2-4-6-14/h2-13H,1H3,(H2,21,23,24,25). The van der Waals surface area contributed by atoms with Crippen LogP contribution in [0.3, 0.4) is 0 Å². The van der Waals surface area contributed by atoms with E-state index in [1.54, 1.807) is 35.4 Å². The van der Waals surface area contributed by atoms with Gasteiger partial charge >= 0.3 is 0 Å². The van der Waals surface area contributed by atoms with Crippen LogP contribution in [0.25, 0.3) is 11.1 Å². The maximum absolute atomic E-state index is 11.2. The van der Waals surface area contributed by atoms with Gasteiger partial charge in [0.2, 0.25) is 5.95 Å². The molecule has 9 nitrogen and oxygen atoms in total. The van der Waals surface area contributed by atoms with Gasteiger partial charge in [-0.1, -0.05) is 30.3 Å². The summed E-state index contributed by atoms with van der Waals surface area (Å²) in [6, 6.07) is 16.1. The van der Waals surface area contributed by atoms with Crippen LogP contribution in [0.2, 0.25) is 0 Å². The van der Waals surface area contributed by atoms with Crippen molar-refractivity contribution < 1.29 is 4.92 Å². The molecule has 0 bridgehead atoms. The van der Waals surface area contributed by atoms with Gasteiger partial charge in [-0.05, 0) is 17.7 Å². The number of nitro groups is 1. The highest BCUT2D eigenvalue weighted by Gasteiger charge is 2.13. The van der Waals surface area contributed by atoms with Crippen molar-refractivity contribution in [1.29, 1.82) is 0 Å². The Morgan fingerprint density at radius 1 is 1.07 bits per heavy atom. The van der Waals surface area contributed by atoms with Crippen LogP contribution in [-0.4, -0.2) is 24.7 Å². The summed E-state index contributed by atoms with van der Waals surface area (Å²) in [7, 11) is 1.82. The molecule has 0 saturated heterocycles. The maximum Gasteiger partial charge on any atom is 0.271 e. The molecule has 0 aliphatic heterocycles. The third-order valence-electron chi connectivity index (χ3n) is 4.18. The zero-order valence-corrected chi connectivity index (χ0v) is 15.5. The van der Waals surface area contributed by atoms with E-state index in [1.807, 2.05) is 37.4 Å². The largest absolute Gasteiger partial charge is 0.339 e. The van der Waals surface area contributed by atoms with Crippen LogP contribution in [0.15, 0.2) is 73.2 Å². The molecule has 0 saturated carbocycles. The predicted octanol–water partition coefficient (Wildman–Crippen LogP) is 4.27. The van der Waals surface area contributed by atoms with Gasteiger partial charge in [0.05, 0.1) is 22.5 Å². The molecular weight excluding hydrogens is 370 g/mol. The molecule has 2 heterocycles. The minimum Gasteiger partial charge on any atom is -0.339 e. The number of anilines is 4. The Labute approximate surface area is 166 Å². The van der Waals surface area contributed by atoms with Crippen LogP contribution in [-0.2, 0) is 7.05 Å². The van der Waals surface area contributed by atoms with Crippen LogP contribution in [0.1, 0.15) is 0 Å². The molecule has 2 N–H and O–H groups in total. The highest BCUT2D eigenvalue weighted by molar-refractivity contribution is 5.82. The fourth-order valence-electron chi connectivity index (χ4n) is 2.86. The number of nitrogens with zero attached hydrogens (tertiary/aromatic N) is 5. The second kappa shape index (κ2) is 7.77. The first-order valence-corrected chi connectivity index (χ1v) is 8.78. The van der Waals surface area contributed by atoms with E-state index in [2.05, 4.69) is 25.7 Å². The summed E-state index contributed by atoms with van der Waals surface area (Å²) >= 11 is 0. The first kappa shape index (κ1) is 18.1. The SMILES string of the molecule is Cn1cc(Nc2nccc(Nc3cc([N+](=O)[O-])ccc3-c3ccccc3)n2)cn1. The molecule has 144 valence electrons. The van der Waals surface area contributed by atoms with E-state index in [-0.39, 0.29) is 5.69 Å². The molecule has 2 aromatic heterocycles. The normalized spacial score (nSPS) is 10.5. The lowest BCUT2D eigenvalue weighted by molar-refractivity contribution is -0.384. The summed E-state index contributed by atoms with van der Waals surface area (Å²) in [4.78, 5) is 19.5. The van der Waals surface area contributed by atoms with E-state index in [0.29, 0.717) is 17.5 Å². The van der Waals surface area contributed by atoms with Crippen LogP contribution < -0.4 is 10.6 Å². The van der Waals surface area contributed by atoms with Crippen LogP contribution >= 0.6 is 0 Å². The Morgan fingerprint density at radius 2 is 1.90 bits per heavy atom. The number of hydrogen-bond donors (Lipinski definition) is 2. The smallest absolute Gasteiger partial charge is 0.271 e. The molecule has 0 atom stereocenters. The average molecular weight is 387 g/mol. The Balaban J connectivity index is 1.67. The van der Waals surface area contributed by atoms with Crippen molar-refractivity contribution >= 4 is 28.8 Å². The van der Waals surface area contributed by atoms with Gasteiger partial charge in [-0.15, -0.1) is 0 Å². The quantitative estimate of drug-likeness (QED) is 0.375. The van der Waals surface area contributed by atoms with Gasteiger partial charge in [0.15, 0.2) is 0 Å². The molecule has 29 heavy (non-hydrogen) atoms. The number of rotatable bonds is 6. The molecule has 0 aliphatic rings. The van der Waals surface area contributed by atoms with E-state index in [9.17, 15) is 10.1 Å². The maximum atomic E-state index is 11.2. The van der Waals surface area contributed by atoms with Gasteiger partial charge in [-0.3, -0.25) is 14.8 Å². The third kappa shape index (κ3) is 4.19. The van der Waals surface area contributed by atoms with Crippen molar-refractivity contribution in [3.8, 4) is 11.1 Å². The molecule has 0 radical (unpaired) electrons. The summed E-state index contributed by atoms with van der Waals surface area (Å²) in [5, 5.41) is 21.6. The Bertz CT molecular complexity index is 1160.